The van der Waals surface area contributed by atoms with Gasteiger partial charge in [0.1, 0.15) is 0 Å². The molecule has 2 heteroatoms. The molecular weight excluding hydrogens is 148 g/mol. The van der Waals surface area contributed by atoms with Crippen LogP contribution in [0.25, 0.3) is 0 Å². The molecule has 0 aromatic rings. The number of quaternary nitrogens is 1. The highest BCUT2D eigenvalue weighted by Gasteiger charge is 2.45. The summed E-state index contributed by atoms with van der Waals surface area (Å²) in [6.07, 6.45) is 2.91. The van der Waals surface area contributed by atoms with Crippen LogP contribution < -0.4 is 5.32 Å². The Labute approximate surface area is 75.3 Å². The second-order valence-corrected chi connectivity index (χ2v) is 4.86. The number of hydrogen-bond donors (Lipinski definition) is 1. The van der Waals surface area contributed by atoms with Crippen molar-refractivity contribution in [1.29, 1.82) is 0 Å². The van der Waals surface area contributed by atoms with E-state index in [1.807, 2.05) is 0 Å². The molecule has 2 heterocycles. The molecule has 2 nitrogen and oxygen atoms in total. The fourth-order valence-corrected chi connectivity index (χ4v) is 2.58. The fraction of sp³-hybridized carbons (Fsp3) is 1.00. The number of nitrogens with two attached hydrogens (primary N) is 1. The molecule has 2 aliphatic heterocycles. The van der Waals surface area contributed by atoms with Gasteiger partial charge >= 0.3 is 0 Å². The van der Waals surface area contributed by atoms with Crippen molar-refractivity contribution < 1.29 is 5.32 Å². The van der Waals surface area contributed by atoms with Crippen LogP contribution in [0.1, 0.15) is 26.7 Å². The van der Waals surface area contributed by atoms with Gasteiger partial charge in [0.15, 0.2) is 0 Å². The van der Waals surface area contributed by atoms with Gasteiger partial charge in [-0.2, -0.15) is 0 Å². The first-order valence-electron chi connectivity index (χ1n) is 5.28. The summed E-state index contributed by atoms with van der Waals surface area (Å²) in [5, 5.41) is 2.46. The summed E-state index contributed by atoms with van der Waals surface area (Å²) >= 11 is 0. The normalized spacial score (nSPS) is 29.2. The van der Waals surface area contributed by atoms with E-state index in [0.717, 1.165) is 11.5 Å². The Morgan fingerprint density at radius 3 is 2.25 bits per heavy atom. The lowest BCUT2D eigenvalue weighted by atomic mass is 9.72. The maximum atomic E-state index is 2.60. The molecule has 0 amide bonds. The smallest absolute Gasteiger partial charge is 0.0761 e. The van der Waals surface area contributed by atoms with Crippen LogP contribution >= 0.6 is 0 Å². The molecule has 2 saturated heterocycles. The summed E-state index contributed by atoms with van der Waals surface area (Å²) < 4.78 is 0. The standard InChI is InChI=1S/C10H20N2/c1-9(2)12-7-10(8-12)3-5-11-6-4-10/h9,11H,3-8H2,1-2H3/p+1. The Morgan fingerprint density at radius 1 is 1.17 bits per heavy atom. The van der Waals surface area contributed by atoms with Crippen molar-refractivity contribution in [2.24, 2.45) is 5.41 Å². The highest BCUT2D eigenvalue weighted by atomic mass is 15.2. The van der Waals surface area contributed by atoms with Crippen LogP contribution in [0.4, 0.5) is 0 Å². The van der Waals surface area contributed by atoms with Gasteiger partial charge in [-0.25, -0.2) is 0 Å². The molecule has 2 fully saturated rings. The summed E-state index contributed by atoms with van der Waals surface area (Å²) in [4.78, 5) is 2.60. The van der Waals surface area contributed by atoms with Crippen LogP contribution in [-0.2, 0) is 0 Å². The van der Waals surface area contributed by atoms with E-state index in [9.17, 15) is 0 Å². The zero-order valence-corrected chi connectivity index (χ0v) is 8.34. The molecule has 1 spiro atoms. The van der Waals surface area contributed by atoms with Crippen molar-refractivity contribution in [3.63, 3.8) is 0 Å². The first-order valence-corrected chi connectivity index (χ1v) is 5.28. The molecule has 0 saturated carbocycles. The maximum absolute atomic E-state index is 2.60. The zero-order valence-electron chi connectivity index (χ0n) is 8.34. The van der Waals surface area contributed by atoms with Crippen molar-refractivity contribution >= 4 is 0 Å². The van der Waals surface area contributed by atoms with E-state index in [0.29, 0.717) is 0 Å². The third kappa shape index (κ3) is 1.38. The Morgan fingerprint density at radius 2 is 1.75 bits per heavy atom. The van der Waals surface area contributed by atoms with Gasteiger partial charge in [0, 0.05) is 37.4 Å². The molecule has 0 atom stereocenters. The van der Waals surface area contributed by atoms with Gasteiger partial charge in [-0.15, -0.1) is 0 Å². The molecule has 2 rings (SSSR count). The molecule has 0 unspecified atom stereocenters. The van der Waals surface area contributed by atoms with E-state index in [1.54, 1.807) is 0 Å². The Bertz CT molecular complexity index is 151. The topological polar surface area (TPSA) is 19.9 Å². The lowest BCUT2D eigenvalue weighted by Gasteiger charge is -2.53. The van der Waals surface area contributed by atoms with E-state index < -0.39 is 0 Å². The highest BCUT2D eigenvalue weighted by Crippen LogP contribution is 2.38. The zero-order chi connectivity index (χ0) is 8.60. The van der Waals surface area contributed by atoms with Crippen molar-refractivity contribution in [3.8, 4) is 0 Å². The maximum Gasteiger partial charge on any atom is 0.0761 e. The minimum Gasteiger partial charge on any atom is -0.346 e. The van der Waals surface area contributed by atoms with Crippen molar-refractivity contribution in [2.45, 2.75) is 32.7 Å². The quantitative estimate of drug-likeness (QED) is 0.588. The monoisotopic (exact) mass is 169 g/mol. The van der Waals surface area contributed by atoms with Gasteiger partial charge in [-0.1, -0.05) is 0 Å². The Hall–Kier alpha value is -0.0800. The molecular formula is C10H21N2+. The van der Waals surface area contributed by atoms with Crippen LogP contribution in [-0.4, -0.2) is 37.1 Å². The number of rotatable bonds is 1. The van der Waals surface area contributed by atoms with E-state index in [1.165, 1.54) is 39.0 Å². The molecule has 0 aromatic heterocycles. The summed E-state index contributed by atoms with van der Waals surface area (Å²) in [5.74, 6) is 0. The van der Waals surface area contributed by atoms with Crippen LogP contribution in [0.3, 0.4) is 0 Å². The largest absolute Gasteiger partial charge is 0.346 e. The summed E-state index contributed by atoms with van der Waals surface area (Å²) in [5.41, 5.74) is 0.749. The molecule has 12 heavy (non-hydrogen) atoms. The van der Waals surface area contributed by atoms with Crippen molar-refractivity contribution in [3.05, 3.63) is 0 Å². The van der Waals surface area contributed by atoms with E-state index >= 15 is 0 Å². The lowest BCUT2D eigenvalue weighted by Crippen LogP contribution is -2.88. The minimum atomic E-state index is 0.749. The first kappa shape index (κ1) is 8.52. The molecule has 0 radical (unpaired) electrons. The summed E-state index contributed by atoms with van der Waals surface area (Å²) in [7, 11) is 0. The second kappa shape index (κ2) is 3.00. The second-order valence-electron chi connectivity index (χ2n) is 4.86. The predicted molar refractivity (Wildman–Crippen MR) is 50.0 cm³/mol. The Kier molecular flexibility index (Phi) is 2.13. The molecule has 0 aliphatic carbocycles. The van der Waals surface area contributed by atoms with Gasteiger partial charge in [0.25, 0.3) is 0 Å². The number of piperidine rings is 1. The summed E-state index contributed by atoms with van der Waals surface area (Å²) in [6.45, 7) is 10.1. The number of hydrogen-bond acceptors (Lipinski definition) is 1. The predicted octanol–water partition coefficient (Wildman–Crippen LogP) is 0.0540. The van der Waals surface area contributed by atoms with Crippen molar-refractivity contribution in [1.82, 2.24) is 4.90 Å². The van der Waals surface area contributed by atoms with Gasteiger partial charge in [-0.05, 0) is 13.8 Å². The number of likely N-dealkylation sites (tertiary alicyclic amines) is 1. The average molecular weight is 169 g/mol. The summed E-state index contributed by atoms with van der Waals surface area (Å²) in [6, 6.07) is 0.765. The SMILES string of the molecule is CC(C)N1CC2(CC[NH2+]CC2)C1. The van der Waals surface area contributed by atoms with Crippen LogP contribution in [0.15, 0.2) is 0 Å². The molecule has 2 N–H and O–H groups in total. The van der Waals surface area contributed by atoms with Crippen LogP contribution in [0, 0.1) is 5.41 Å². The Balaban J connectivity index is 1.84. The van der Waals surface area contributed by atoms with Crippen LogP contribution in [0.5, 0.6) is 0 Å². The molecule has 0 bridgehead atoms. The van der Waals surface area contributed by atoms with Crippen LogP contribution in [0.2, 0.25) is 0 Å². The minimum absolute atomic E-state index is 0.749. The van der Waals surface area contributed by atoms with Gasteiger partial charge < -0.3 is 5.32 Å². The third-order valence-corrected chi connectivity index (χ3v) is 3.56. The van der Waals surface area contributed by atoms with Gasteiger partial charge in [0.2, 0.25) is 0 Å². The fourth-order valence-electron chi connectivity index (χ4n) is 2.58. The average Bonchev–Trinajstić information content (AvgIpc) is 2.01. The van der Waals surface area contributed by atoms with Crippen molar-refractivity contribution in [2.75, 3.05) is 26.2 Å². The van der Waals surface area contributed by atoms with E-state index in [-0.39, 0.29) is 0 Å². The third-order valence-electron chi connectivity index (χ3n) is 3.56. The highest BCUT2D eigenvalue weighted by molar-refractivity contribution is 4.96. The van der Waals surface area contributed by atoms with E-state index in [2.05, 4.69) is 24.1 Å². The molecule has 70 valence electrons. The lowest BCUT2D eigenvalue weighted by molar-refractivity contribution is -0.669. The first-order chi connectivity index (χ1) is 5.72. The molecule has 0 aromatic carbocycles. The van der Waals surface area contributed by atoms with Gasteiger partial charge in [-0.3, -0.25) is 4.90 Å². The van der Waals surface area contributed by atoms with Gasteiger partial charge in [0.05, 0.1) is 13.1 Å². The van der Waals surface area contributed by atoms with E-state index in [4.69, 9.17) is 0 Å². The number of nitrogens with zero attached hydrogens (tertiary/aromatic N) is 1. The molecule has 2 aliphatic rings.